The van der Waals surface area contributed by atoms with E-state index < -0.39 is 5.92 Å². The monoisotopic (exact) mass is 410 g/mol. The topological polar surface area (TPSA) is 43.3 Å². The predicted octanol–water partition coefficient (Wildman–Crippen LogP) is 4.89. The smallest absolute Gasteiger partial charge is 0.253 e. The molecule has 1 N–H and O–H groups in total. The van der Waals surface area contributed by atoms with Gasteiger partial charge in [-0.25, -0.2) is 8.78 Å². The Labute approximate surface area is 168 Å². The normalized spacial score (nSPS) is 22.6. The summed E-state index contributed by atoms with van der Waals surface area (Å²) < 4.78 is 34.2. The lowest BCUT2D eigenvalue weighted by Gasteiger charge is -2.28. The van der Waals surface area contributed by atoms with Gasteiger partial charge in [0.15, 0.2) is 0 Å². The molecule has 2 aliphatic rings. The highest BCUT2D eigenvalue weighted by molar-refractivity contribution is 6.36. The Balaban J connectivity index is 1.50. The van der Waals surface area contributed by atoms with Crippen LogP contribution < -0.4 is 5.32 Å². The first-order valence-electron chi connectivity index (χ1n) is 9.94. The summed E-state index contributed by atoms with van der Waals surface area (Å²) in [6.45, 7) is 2.71. The van der Waals surface area contributed by atoms with Crippen LogP contribution in [0.15, 0.2) is 24.4 Å². The quantitative estimate of drug-likeness (QED) is 0.762. The molecule has 2 aromatic rings. The average Bonchev–Trinajstić information content (AvgIpc) is 3.30. The number of amides is 1. The molecule has 1 atom stereocenters. The van der Waals surface area contributed by atoms with E-state index in [9.17, 15) is 13.6 Å². The van der Waals surface area contributed by atoms with E-state index in [1.807, 2.05) is 18.3 Å². The Hall–Kier alpha value is -1.66. The van der Waals surface area contributed by atoms with Gasteiger partial charge in [-0.05, 0) is 37.3 Å². The number of hydrogen-bond donors (Lipinski definition) is 1. The van der Waals surface area contributed by atoms with Crippen molar-refractivity contribution < 1.29 is 18.3 Å². The molecule has 1 aromatic carbocycles. The number of nitrogens with one attached hydrogen (secondary N) is 1. The molecule has 1 saturated heterocycles. The van der Waals surface area contributed by atoms with Crippen LogP contribution in [0.3, 0.4) is 0 Å². The zero-order valence-corrected chi connectivity index (χ0v) is 16.5. The molecule has 4 nitrogen and oxygen atoms in total. The van der Waals surface area contributed by atoms with Crippen molar-refractivity contribution >= 4 is 28.4 Å². The van der Waals surface area contributed by atoms with Crippen LogP contribution in [0.4, 0.5) is 8.78 Å². The molecule has 0 spiro atoms. The Morgan fingerprint density at radius 3 is 2.75 bits per heavy atom. The fourth-order valence-corrected chi connectivity index (χ4v) is 4.55. The van der Waals surface area contributed by atoms with Gasteiger partial charge in [-0.1, -0.05) is 17.7 Å². The van der Waals surface area contributed by atoms with Crippen LogP contribution in [0.1, 0.15) is 42.5 Å². The van der Waals surface area contributed by atoms with Crippen LogP contribution in [0.25, 0.3) is 10.9 Å². The lowest BCUT2D eigenvalue weighted by atomic mass is 9.87. The molecule has 1 aromatic heterocycles. The molecule has 28 heavy (non-hydrogen) atoms. The fraction of sp³-hybridized carbons (Fsp3) is 0.571. The molecular weight excluding hydrogens is 386 g/mol. The van der Waals surface area contributed by atoms with Gasteiger partial charge in [0.2, 0.25) is 5.92 Å². The third-order valence-corrected chi connectivity index (χ3v) is 6.28. The summed E-state index contributed by atoms with van der Waals surface area (Å²) in [5.74, 6) is -2.22. The molecule has 4 rings (SSSR count). The maximum atomic E-state index is 13.3. The second-order valence-electron chi connectivity index (χ2n) is 8.07. The van der Waals surface area contributed by atoms with Crippen molar-refractivity contribution in [2.45, 2.75) is 44.6 Å². The predicted molar refractivity (Wildman–Crippen MR) is 105 cm³/mol. The molecule has 2 fully saturated rings. The van der Waals surface area contributed by atoms with Crippen molar-refractivity contribution in [2.24, 2.45) is 11.8 Å². The van der Waals surface area contributed by atoms with E-state index >= 15 is 0 Å². The number of carbonyl (C=O) groups excluding carboxylic acids is 1. The molecular formula is C21H25ClF2N2O2. The van der Waals surface area contributed by atoms with Crippen LogP contribution >= 0.6 is 11.6 Å². The Morgan fingerprint density at radius 2 is 2.04 bits per heavy atom. The maximum absolute atomic E-state index is 13.3. The van der Waals surface area contributed by atoms with Gasteiger partial charge < -0.3 is 14.6 Å². The first-order valence-corrected chi connectivity index (χ1v) is 10.3. The number of nitrogens with zero attached hydrogens (tertiary/aromatic N) is 1. The second-order valence-corrected chi connectivity index (χ2v) is 8.48. The van der Waals surface area contributed by atoms with Crippen molar-refractivity contribution in [3.05, 3.63) is 35.0 Å². The van der Waals surface area contributed by atoms with Crippen LogP contribution in [0, 0.1) is 11.8 Å². The van der Waals surface area contributed by atoms with E-state index in [-0.39, 0.29) is 24.7 Å². The van der Waals surface area contributed by atoms with Crippen molar-refractivity contribution in [2.75, 3.05) is 19.8 Å². The zero-order valence-electron chi connectivity index (χ0n) is 15.7. The molecule has 1 amide bonds. The van der Waals surface area contributed by atoms with Crippen molar-refractivity contribution in [1.29, 1.82) is 0 Å². The van der Waals surface area contributed by atoms with Gasteiger partial charge in [0.25, 0.3) is 5.91 Å². The number of rotatable bonds is 5. The van der Waals surface area contributed by atoms with E-state index in [1.54, 1.807) is 6.07 Å². The second kappa shape index (κ2) is 7.99. The van der Waals surface area contributed by atoms with Crippen LogP contribution in [-0.2, 0) is 11.3 Å². The van der Waals surface area contributed by atoms with Gasteiger partial charge >= 0.3 is 0 Å². The highest BCUT2D eigenvalue weighted by Gasteiger charge is 2.35. The molecule has 2 heterocycles. The average molecular weight is 411 g/mol. The van der Waals surface area contributed by atoms with Gasteiger partial charge in [-0.2, -0.15) is 0 Å². The SMILES string of the molecule is O=C(NCC1CCC(F)(F)CC1)c1cn(CC2CCOC2)c2cccc(Cl)c12. The largest absolute Gasteiger partial charge is 0.381 e. The highest BCUT2D eigenvalue weighted by atomic mass is 35.5. The highest BCUT2D eigenvalue weighted by Crippen LogP contribution is 2.36. The molecule has 1 aliphatic carbocycles. The molecule has 7 heteroatoms. The number of hydrogen-bond acceptors (Lipinski definition) is 2. The van der Waals surface area contributed by atoms with Crippen LogP contribution in [0.2, 0.25) is 5.02 Å². The standard InChI is InChI=1S/C21H25ClF2N2O2/c22-17-2-1-3-18-19(17)16(12-26(18)11-15-6-9-28-13-15)20(27)25-10-14-4-7-21(23,24)8-5-14/h1-3,12,14-15H,4-11,13H2,(H,25,27). The lowest BCUT2D eigenvalue weighted by Crippen LogP contribution is -2.33. The summed E-state index contributed by atoms with van der Waals surface area (Å²) in [7, 11) is 0. The number of aromatic nitrogens is 1. The number of fused-ring (bicyclic) bond motifs is 1. The van der Waals surface area contributed by atoms with Gasteiger partial charge in [0.1, 0.15) is 0 Å². The minimum atomic E-state index is -2.55. The minimum Gasteiger partial charge on any atom is -0.381 e. The number of benzene rings is 1. The van der Waals surface area contributed by atoms with Gasteiger partial charge in [-0.3, -0.25) is 4.79 Å². The van der Waals surface area contributed by atoms with Gasteiger partial charge in [0.05, 0.1) is 22.7 Å². The number of ether oxygens (including phenoxy) is 1. The molecule has 0 bridgehead atoms. The summed E-state index contributed by atoms with van der Waals surface area (Å²) in [5.41, 5.74) is 1.47. The third-order valence-electron chi connectivity index (χ3n) is 5.97. The number of carbonyl (C=O) groups is 1. The summed E-state index contributed by atoms with van der Waals surface area (Å²) in [6, 6.07) is 5.64. The Morgan fingerprint density at radius 1 is 1.25 bits per heavy atom. The van der Waals surface area contributed by atoms with Crippen LogP contribution in [-0.4, -0.2) is 36.2 Å². The van der Waals surface area contributed by atoms with Gasteiger partial charge in [0, 0.05) is 50.0 Å². The maximum Gasteiger partial charge on any atom is 0.253 e. The minimum absolute atomic E-state index is 0.0951. The summed E-state index contributed by atoms with van der Waals surface area (Å²) in [4.78, 5) is 12.9. The fourth-order valence-electron chi connectivity index (χ4n) is 4.27. The van der Waals surface area contributed by atoms with E-state index in [2.05, 4.69) is 9.88 Å². The lowest BCUT2D eigenvalue weighted by molar-refractivity contribution is -0.0452. The summed E-state index contributed by atoms with van der Waals surface area (Å²) in [6.07, 6.45) is 3.56. The van der Waals surface area contributed by atoms with E-state index in [4.69, 9.17) is 16.3 Å². The van der Waals surface area contributed by atoms with Crippen molar-refractivity contribution in [3.63, 3.8) is 0 Å². The van der Waals surface area contributed by atoms with E-state index in [0.29, 0.717) is 35.9 Å². The molecule has 1 unspecified atom stereocenters. The Kier molecular flexibility index (Phi) is 5.61. The van der Waals surface area contributed by atoms with E-state index in [1.165, 1.54) is 0 Å². The van der Waals surface area contributed by atoms with Crippen LogP contribution in [0.5, 0.6) is 0 Å². The first kappa shape index (κ1) is 19.6. The molecule has 0 radical (unpaired) electrons. The number of halogens is 3. The summed E-state index contributed by atoms with van der Waals surface area (Å²) >= 11 is 6.42. The van der Waals surface area contributed by atoms with Gasteiger partial charge in [-0.15, -0.1) is 0 Å². The van der Waals surface area contributed by atoms with Crippen molar-refractivity contribution in [1.82, 2.24) is 9.88 Å². The van der Waals surface area contributed by atoms with E-state index in [0.717, 1.165) is 37.1 Å². The first-order chi connectivity index (χ1) is 13.4. The molecule has 1 aliphatic heterocycles. The van der Waals surface area contributed by atoms with Crippen molar-refractivity contribution in [3.8, 4) is 0 Å². The molecule has 1 saturated carbocycles. The zero-order chi connectivity index (χ0) is 19.7. The Bertz CT molecular complexity index is 851. The molecule has 152 valence electrons. The third kappa shape index (κ3) is 4.18. The summed E-state index contributed by atoms with van der Waals surface area (Å²) in [5, 5.41) is 4.23. The number of alkyl halides is 2.